The van der Waals surface area contributed by atoms with E-state index in [0.29, 0.717) is 0 Å². The molecule has 0 atom stereocenters. The van der Waals surface area contributed by atoms with Crippen LogP contribution in [0.5, 0.6) is 0 Å². The zero-order chi connectivity index (χ0) is 48.0. The molecule has 0 unspecified atom stereocenters. The third kappa shape index (κ3) is 9.36. The highest BCUT2D eigenvalue weighted by Gasteiger charge is 2.31. The molecule has 0 fully saturated rings. The zero-order valence-electron chi connectivity index (χ0n) is 37.6. The molecule has 9 heterocycles. The summed E-state index contributed by atoms with van der Waals surface area (Å²) < 4.78 is 15.6. The molecule has 0 saturated heterocycles. The molecule has 0 spiro atoms. The summed E-state index contributed by atoms with van der Waals surface area (Å²) in [5.74, 6) is 0. The Balaban J connectivity index is 1.55. The third-order valence-corrected chi connectivity index (χ3v) is 20.4. The standard InChI is InChI=1S/C52H45Br8N8/c1-5-17-65-21-9-29(10-22-65)33-45-37(53)39(55)47(61-45)34(30-11-23-66(18-6-2)24-12-30)49-41(57)43(59)51(63-49)36(32-15-27-68(20-8-4)28-16-32)52-44(60)42(58)50(64-52)35(48-40(56)38(54)46(33)62-48)31-13-25-67(19-7-3)26-14-31/h9-16,21-28H,5-8,17-20H2,1-4H3,(H,61,62,63,64)/q+3/p+1. The lowest BCUT2D eigenvalue weighted by Gasteiger charge is -2.07. The first-order valence-electron chi connectivity index (χ1n) is 22.5. The molecule has 7 aromatic rings. The average Bonchev–Trinajstić information content (AvgIpc) is 4.00. The maximum Gasteiger partial charge on any atom is 0.169 e. The van der Waals surface area contributed by atoms with Gasteiger partial charge in [-0.25, -0.2) is 28.2 Å². The van der Waals surface area contributed by atoms with Crippen molar-refractivity contribution in [1.82, 2.24) is 19.9 Å². The van der Waals surface area contributed by atoms with Gasteiger partial charge in [-0.05, 0) is 150 Å². The minimum Gasteiger partial charge on any atom is -0.352 e. The van der Waals surface area contributed by atoms with Crippen molar-refractivity contribution in [1.29, 1.82) is 0 Å². The SMILES string of the molecule is CCC[n+]1ccc(-c2c3nc(c(-c4cc[n+](CCC)cc4)c4[nH]c(c(Br)c4Br)c(-c4cc[n+](CCC)cc4)c4nc(c(-c5cc[n+](CCC)cc5)c5[nH]c2c(Br)c5Br)C(Br)=C4Br)C(Br)=C3Br)cc1. The van der Waals surface area contributed by atoms with Crippen LogP contribution in [-0.2, 0) is 26.2 Å². The minimum absolute atomic E-state index is 0.765. The molecule has 68 heavy (non-hydrogen) atoms. The number of aromatic nitrogens is 8. The lowest BCUT2D eigenvalue weighted by atomic mass is 10.0. The van der Waals surface area contributed by atoms with Crippen LogP contribution in [0.15, 0.2) is 116 Å². The number of hydrogen-bond donors (Lipinski definition) is 2. The Labute approximate surface area is 463 Å². The number of aryl methyl sites for hydroxylation is 4. The second-order valence-corrected chi connectivity index (χ2v) is 23.0. The van der Waals surface area contributed by atoms with Gasteiger partial charge in [-0.3, -0.25) is 0 Å². The highest BCUT2D eigenvalue weighted by Crippen LogP contribution is 2.53. The van der Waals surface area contributed by atoms with E-state index in [1.807, 2.05) is 0 Å². The van der Waals surface area contributed by atoms with E-state index in [9.17, 15) is 0 Å². The van der Waals surface area contributed by atoms with E-state index in [4.69, 9.17) is 9.97 Å². The topological polar surface area (TPSA) is 72.9 Å². The van der Waals surface area contributed by atoms with E-state index in [1.165, 1.54) is 0 Å². The molecule has 16 heteroatoms. The van der Waals surface area contributed by atoms with Gasteiger partial charge in [0.25, 0.3) is 0 Å². The van der Waals surface area contributed by atoms with Crippen LogP contribution < -0.4 is 18.3 Å². The smallest absolute Gasteiger partial charge is 0.169 e. The number of nitrogens with one attached hydrogen (secondary N) is 2. The Morgan fingerprint density at radius 1 is 0.338 bits per heavy atom. The Kier molecular flexibility index (Phi) is 15.7. The second kappa shape index (κ2) is 21.4. The van der Waals surface area contributed by atoms with E-state index in [-0.39, 0.29) is 0 Å². The van der Waals surface area contributed by atoms with Crippen LogP contribution in [0.1, 0.15) is 76.2 Å². The average molecular weight is 1420 g/mol. The van der Waals surface area contributed by atoms with Gasteiger partial charge in [0.2, 0.25) is 0 Å². The molecule has 2 N–H and O–H groups in total. The number of rotatable bonds is 12. The van der Waals surface area contributed by atoms with Crippen molar-refractivity contribution in [2.24, 2.45) is 0 Å². The van der Waals surface area contributed by atoms with E-state index in [0.717, 1.165) is 177 Å². The van der Waals surface area contributed by atoms with E-state index < -0.39 is 0 Å². The Bertz CT molecular complexity index is 2900. The monoisotopic (exact) mass is 1410 g/mol. The summed E-state index contributed by atoms with van der Waals surface area (Å²) in [6, 6.07) is 17.4. The quantitative estimate of drug-likeness (QED) is 0.120. The minimum atomic E-state index is 0.765. The van der Waals surface area contributed by atoms with E-state index in [2.05, 4.69) is 281 Å². The fourth-order valence-corrected chi connectivity index (χ4v) is 12.7. The predicted octanol–water partition coefficient (Wildman–Crippen LogP) is 16.1. The summed E-state index contributed by atoms with van der Waals surface area (Å²) in [4.78, 5) is 19.3. The Morgan fingerprint density at radius 2 is 0.529 bits per heavy atom. The molecule has 7 aromatic heterocycles. The molecular weight excluding hydrogens is 1380 g/mol. The van der Waals surface area contributed by atoms with Crippen LogP contribution in [0, 0.1) is 0 Å². The molecule has 2 aliphatic rings. The van der Waals surface area contributed by atoms with Crippen molar-refractivity contribution in [2.45, 2.75) is 79.6 Å². The summed E-state index contributed by atoms with van der Waals surface area (Å²) in [5, 5.41) is 0. The Hall–Kier alpha value is -2.96. The molecule has 8 nitrogen and oxygen atoms in total. The van der Waals surface area contributed by atoms with Gasteiger partial charge in [0.1, 0.15) is 26.2 Å². The molecule has 0 radical (unpaired) electrons. The second-order valence-electron chi connectivity index (χ2n) is 16.7. The summed E-state index contributed by atoms with van der Waals surface area (Å²) in [7, 11) is 0. The fourth-order valence-electron chi connectivity index (χ4n) is 8.82. The number of nitrogens with zero attached hydrogens (tertiary/aromatic N) is 6. The van der Waals surface area contributed by atoms with Gasteiger partial charge in [-0.15, -0.1) is 0 Å². The van der Waals surface area contributed by atoms with Gasteiger partial charge in [0.15, 0.2) is 49.6 Å². The number of H-pyrrole nitrogens is 2. The number of halogens is 8. The van der Waals surface area contributed by atoms with Gasteiger partial charge < -0.3 is 9.97 Å². The summed E-state index contributed by atoms with van der Waals surface area (Å²) in [6.45, 7) is 12.4. The number of fused-ring (bicyclic) bond motifs is 8. The molecular formula is C52H46Br8N8+4. The van der Waals surface area contributed by atoms with Crippen LogP contribution in [0.4, 0.5) is 0 Å². The lowest BCUT2D eigenvalue weighted by molar-refractivity contribution is -0.697. The van der Waals surface area contributed by atoms with Crippen LogP contribution in [0.25, 0.3) is 84.5 Å². The van der Waals surface area contributed by atoms with Crippen molar-refractivity contribution in [3.63, 3.8) is 0 Å². The van der Waals surface area contributed by atoms with Crippen LogP contribution in [-0.4, -0.2) is 19.9 Å². The number of hydrogen-bond acceptors (Lipinski definition) is 2. The highest BCUT2D eigenvalue weighted by molar-refractivity contribution is 9.18. The van der Waals surface area contributed by atoms with E-state index >= 15 is 0 Å². The van der Waals surface area contributed by atoms with Gasteiger partial charge in [0, 0.05) is 96.5 Å². The summed E-state index contributed by atoms with van der Waals surface area (Å²) in [6.07, 6.45) is 21.3. The summed E-state index contributed by atoms with van der Waals surface area (Å²) >= 11 is 32.9. The lowest BCUT2D eigenvalue weighted by Crippen LogP contribution is -2.31. The molecule has 346 valence electrons. The molecule has 0 aliphatic carbocycles. The van der Waals surface area contributed by atoms with Crippen LogP contribution in [0.3, 0.4) is 0 Å². The molecule has 0 saturated carbocycles. The molecule has 9 rings (SSSR count). The Morgan fingerprint density at radius 3 is 0.706 bits per heavy atom. The van der Waals surface area contributed by atoms with Crippen molar-refractivity contribution < 1.29 is 18.3 Å². The number of pyridine rings is 4. The zero-order valence-corrected chi connectivity index (χ0v) is 50.3. The van der Waals surface area contributed by atoms with Crippen molar-refractivity contribution >= 4 is 167 Å². The molecule has 0 aromatic carbocycles. The predicted molar refractivity (Wildman–Crippen MR) is 305 cm³/mol. The number of aromatic amines is 2. The van der Waals surface area contributed by atoms with Crippen molar-refractivity contribution in [3.05, 3.63) is 139 Å². The maximum absolute atomic E-state index is 5.69. The first kappa shape index (κ1) is 50.0. The third-order valence-electron chi connectivity index (χ3n) is 12.0. The van der Waals surface area contributed by atoms with Crippen molar-refractivity contribution in [2.75, 3.05) is 0 Å². The van der Waals surface area contributed by atoms with Crippen LogP contribution in [0.2, 0.25) is 0 Å². The van der Waals surface area contributed by atoms with E-state index in [1.54, 1.807) is 0 Å². The van der Waals surface area contributed by atoms with Gasteiger partial charge >= 0.3 is 0 Å². The first-order chi connectivity index (χ1) is 32.9. The van der Waals surface area contributed by atoms with Gasteiger partial charge in [-0.1, -0.05) is 27.7 Å². The largest absolute Gasteiger partial charge is 0.352 e. The fraction of sp³-hybridized carbons (Fsp3) is 0.231. The first-order valence-corrected chi connectivity index (χ1v) is 28.9. The highest BCUT2D eigenvalue weighted by atomic mass is 79.9. The van der Waals surface area contributed by atoms with Crippen LogP contribution >= 0.6 is 127 Å². The van der Waals surface area contributed by atoms with Crippen molar-refractivity contribution in [3.8, 4) is 44.5 Å². The van der Waals surface area contributed by atoms with Gasteiger partial charge in [-0.2, -0.15) is 0 Å². The normalized spacial score (nSPS) is 12.8. The molecule has 2 aliphatic heterocycles. The summed E-state index contributed by atoms with van der Waals surface area (Å²) in [5.41, 5.74) is 14.1. The van der Waals surface area contributed by atoms with Gasteiger partial charge in [0.05, 0.1) is 80.7 Å². The molecule has 8 bridgehead atoms. The molecule has 0 amide bonds. The maximum atomic E-state index is 5.69.